The Balaban J connectivity index is 1.40. The number of piperidine rings is 1. The molecule has 162 valence electrons. The number of hydrogen-bond donors (Lipinski definition) is 0. The average Bonchev–Trinajstić information content (AvgIpc) is 3.51. The highest BCUT2D eigenvalue weighted by Gasteiger charge is 2.29. The summed E-state index contributed by atoms with van der Waals surface area (Å²) in [6, 6.07) is 10.4. The minimum atomic E-state index is -0.275. The number of benzene rings is 1. The summed E-state index contributed by atoms with van der Waals surface area (Å²) in [5.74, 6) is 0.463. The Morgan fingerprint density at radius 1 is 1.16 bits per heavy atom. The SMILES string of the molecule is Cc1ncc(-c2ccc(F)cc2)c(C2CCCN(C(=O)c3csc(-c4cccs4)n3)C2)n1. The van der Waals surface area contributed by atoms with Crippen molar-refractivity contribution in [3.05, 3.63) is 76.4 Å². The number of thiazole rings is 1. The Bertz CT molecular complexity index is 1240. The predicted molar refractivity (Wildman–Crippen MR) is 125 cm³/mol. The second-order valence-corrected chi connectivity index (χ2v) is 9.63. The molecule has 1 saturated heterocycles. The first kappa shape index (κ1) is 20.9. The number of amides is 1. The highest BCUT2D eigenvalue weighted by Crippen LogP contribution is 2.34. The Morgan fingerprint density at radius 2 is 2.00 bits per heavy atom. The molecule has 4 heterocycles. The summed E-state index contributed by atoms with van der Waals surface area (Å²) in [6.45, 7) is 3.15. The van der Waals surface area contributed by atoms with Crippen molar-refractivity contribution in [1.82, 2.24) is 19.9 Å². The number of carbonyl (C=O) groups is 1. The van der Waals surface area contributed by atoms with Gasteiger partial charge in [0, 0.05) is 36.1 Å². The van der Waals surface area contributed by atoms with Crippen molar-refractivity contribution < 1.29 is 9.18 Å². The van der Waals surface area contributed by atoms with Gasteiger partial charge in [-0.1, -0.05) is 18.2 Å². The van der Waals surface area contributed by atoms with Gasteiger partial charge in [-0.2, -0.15) is 0 Å². The molecule has 1 aliphatic rings. The maximum atomic E-state index is 13.4. The van der Waals surface area contributed by atoms with Gasteiger partial charge in [-0.15, -0.1) is 22.7 Å². The van der Waals surface area contributed by atoms with Crippen LogP contribution in [0.4, 0.5) is 4.39 Å². The quantitative estimate of drug-likeness (QED) is 0.383. The molecule has 0 spiro atoms. The first-order valence-electron chi connectivity index (χ1n) is 10.5. The lowest BCUT2D eigenvalue weighted by Gasteiger charge is -2.33. The van der Waals surface area contributed by atoms with Crippen molar-refractivity contribution in [2.45, 2.75) is 25.7 Å². The number of aromatic nitrogens is 3. The van der Waals surface area contributed by atoms with Gasteiger partial charge in [0.15, 0.2) is 0 Å². The molecule has 4 aromatic rings. The van der Waals surface area contributed by atoms with Crippen molar-refractivity contribution in [3.63, 3.8) is 0 Å². The molecule has 1 aromatic carbocycles. The van der Waals surface area contributed by atoms with Crippen LogP contribution in [0.3, 0.4) is 0 Å². The molecule has 5 rings (SSSR count). The average molecular weight is 465 g/mol. The lowest BCUT2D eigenvalue weighted by molar-refractivity contribution is 0.0701. The first-order chi connectivity index (χ1) is 15.6. The molecule has 1 amide bonds. The number of halogens is 1. The van der Waals surface area contributed by atoms with Gasteiger partial charge in [0.05, 0.1) is 10.6 Å². The lowest BCUT2D eigenvalue weighted by atomic mass is 9.89. The molecular weight excluding hydrogens is 443 g/mol. The van der Waals surface area contributed by atoms with E-state index in [2.05, 4.69) is 9.97 Å². The van der Waals surface area contributed by atoms with Crippen LogP contribution in [0.1, 0.15) is 40.8 Å². The minimum Gasteiger partial charge on any atom is -0.337 e. The molecule has 0 saturated carbocycles. The predicted octanol–water partition coefficient (Wildman–Crippen LogP) is 5.80. The summed E-state index contributed by atoms with van der Waals surface area (Å²) in [5, 5.41) is 4.73. The van der Waals surface area contributed by atoms with E-state index in [-0.39, 0.29) is 17.6 Å². The molecule has 5 nitrogen and oxygen atoms in total. The first-order valence-corrected chi connectivity index (χ1v) is 12.2. The summed E-state index contributed by atoms with van der Waals surface area (Å²) in [5.41, 5.74) is 3.18. The van der Waals surface area contributed by atoms with E-state index in [1.165, 1.54) is 23.5 Å². The van der Waals surface area contributed by atoms with Crippen molar-refractivity contribution >= 4 is 28.6 Å². The van der Waals surface area contributed by atoms with E-state index < -0.39 is 0 Å². The van der Waals surface area contributed by atoms with E-state index in [0.29, 0.717) is 24.6 Å². The van der Waals surface area contributed by atoms with Crippen LogP contribution in [-0.4, -0.2) is 38.8 Å². The van der Waals surface area contributed by atoms with E-state index in [1.807, 2.05) is 34.7 Å². The van der Waals surface area contributed by atoms with Gasteiger partial charge in [0.25, 0.3) is 5.91 Å². The maximum Gasteiger partial charge on any atom is 0.273 e. The van der Waals surface area contributed by atoms with Gasteiger partial charge in [-0.25, -0.2) is 19.3 Å². The molecule has 1 unspecified atom stereocenters. The van der Waals surface area contributed by atoms with E-state index in [4.69, 9.17) is 4.98 Å². The van der Waals surface area contributed by atoms with E-state index >= 15 is 0 Å². The second kappa shape index (κ2) is 8.88. The molecule has 1 atom stereocenters. The van der Waals surface area contributed by atoms with Crippen LogP contribution in [0.5, 0.6) is 0 Å². The zero-order valence-electron chi connectivity index (χ0n) is 17.5. The van der Waals surface area contributed by atoms with E-state index in [0.717, 1.165) is 39.5 Å². The highest BCUT2D eigenvalue weighted by atomic mass is 32.1. The third-order valence-electron chi connectivity index (χ3n) is 5.64. The second-order valence-electron chi connectivity index (χ2n) is 7.83. The van der Waals surface area contributed by atoms with Gasteiger partial charge in [-0.05, 0) is 48.9 Å². The molecule has 32 heavy (non-hydrogen) atoms. The molecule has 0 radical (unpaired) electrons. The molecule has 0 aliphatic carbocycles. The molecule has 1 fully saturated rings. The van der Waals surface area contributed by atoms with Gasteiger partial charge in [-0.3, -0.25) is 4.79 Å². The standard InChI is InChI=1S/C24H21FN4OS2/c1-15-26-12-19(16-6-8-18(25)9-7-16)22(27-15)17-4-2-10-29(13-17)24(30)20-14-32-23(28-20)21-5-3-11-31-21/h3,5-9,11-12,14,17H,2,4,10,13H2,1H3. The van der Waals surface area contributed by atoms with Crippen LogP contribution in [0.15, 0.2) is 53.4 Å². The van der Waals surface area contributed by atoms with Crippen molar-refractivity contribution in [2.75, 3.05) is 13.1 Å². The van der Waals surface area contributed by atoms with Gasteiger partial charge < -0.3 is 4.90 Å². The Kier molecular flexibility index (Phi) is 5.80. The molecule has 8 heteroatoms. The van der Waals surface area contributed by atoms with Crippen LogP contribution in [0.25, 0.3) is 21.0 Å². The summed E-state index contributed by atoms with van der Waals surface area (Å²) in [4.78, 5) is 29.9. The zero-order chi connectivity index (χ0) is 22.1. The van der Waals surface area contributed by atoms with Crippen LogP contribution in [0, 0.1) is 12.7 Å². The van der Waals surface area contributed by atoms with Crippen LogP contribution < -0.4 is 0 Å². The number of carbonyl (C=O) groups excluding carboxylic acids is 1. The fourth-order valence-corrected chi connectivity index (χ4v) is 5.69. The summed E-state index contributed by atoms with van der Waals surface area (Å²) < 4.78 is 13.4. The minimum absolute atomic E-state index is 0.0390. The number of aryl methyl sites for hydroxylation is 1. The van der Waals surface area contributed by atoms with Crippen LogP contribution in [0.2, 0.25) is 0 Å². The normalized spacial score (nSPS) is 16.3. The molecule has 0 N–H and O–H groups in total. The molecule has 0 bridgehead atoms. The van der Waals surface area contributed by atoms with Crippen molar-refractivity contribution in [1.29, 1.82) is 0 Å². The Labute approximate surface area is 193 Å². The maximum absolute atomic E-state index is 13.4. The largest absolute Gasteiger partial charge is 0.337 e. The number of hydrogen-bond acceptors (Lipinski definition) is 6. The third-order valence-corrected chi connectivity index (χ3v) is 7.53. The zero-order valence-corrected chi connectivity index (χ0v) is 19.1. The van der Waals surface area contributed by atoms with E-state index in [1.54, 1.807) is 29.7 Å². The molecular formula is C24H21FN4OS2. The number of rotatable bonds is 4. The lowest BCUT2D eigenvalue weighted by Crippen LogP contribution is -2.39. The fraction of sp³-hybridized carbons (Fsp3) is 0.250. The van der Waals surface area contributed by atoms with Crippen LogP contribution in [-0.2, 0) is 0 Å². The van der Waals surface area contributed by atoms with E-state index in [9.17, 15) is 9.18 Å². The Hall–Kier alpha value is -2.97. The van der Waals surface area contributed by atoms with Crippen molar-refractivity contribution in [2.24, 2.45) is 0 Å². The number of thiophene rings is 1. The van der Waals surface area contributed by atoms with Gasteiger partial charge >= 0.3 is 0 Å². The number of nitrogens with zero attached hydrogens (tertiary/aromatic N) is 4. The molecule has 1 aliphatic heterocycles. The van der Waals surface area contributed by atoms with Gasteiger partial charge in [0.2, 0.25) is 0 Å². The summed E-state index contributed by atoms with van der Waals surface area (Å²) in [7, 11) is 0. The summed E-state index contributed by atoms with van der Waals surface area (Å²) in [6.07, 6.45) is 3.63. The monoisotopic (exact) mass is 464 g/mol. The topological polar surface area (TPSA) is 59.0 Å². The smallest absolute Gasteiger partial charge is 0.273 e. The van der Waals surface area contributed by atoms with Crippen LogP contribution >= 0.6 is 22.7 Å². The van der Waals surface area contributed by atoms with Gasteiger partial charge in [0.1, 0.15) is 22.3 Å². The van der Waals surface area contributed by atoms with Crippen molar-refractivity contribution in [3.8, 4) is 21.0 Å². The highest BCUT2D eigenvalue weighted by molar-refractivity contribution is 7.20. The Morgan fingerprint density at radius 3 is 2.78 bits per heavy atom. The summed E-state index contributed by atoms with van der Waals surface area (Å²) >= 11 is 3.12. The fourth-order valence-electron chi connectivity index (χ4n) is 4.08. The third kappa shape index (κ3) is 4.20. The molecule has 3 aromatic heterocycles. The number of likely N-dealkylation sites (tertiary alicyclic amines) is 1.